The molecule has 2 aromatic carbocycles. The van der Waals surface area contributed by atoms with Crippen LogP contribution in [-0.2, 0) is 29.1 Å². The van der Waals surface area contributed by atoms with Gasteiger partial charge in [0.1, 0.15) is 46.2 Å². The number of aromatic nitrogens is 2. The number of ether oxygens (including phenoxy) is 3. The minimum Gasteiger partial charge on any atom is -0.491 e. The lowest BCUT2D eigenvalue weighted by molar-refractivity contribution is -0.143. The fraction of sp³-hybridized carbons (Fsp3) is 0.500. The van der Waals surface area contributed by atoms with Gasteiger partial charge in [0.2, 0.25) is 27.4 Å². The molecule has 326 valence electrons. The van der Waals surface area contributed by atoms with E-state index in [1.807, 2.05) is 56.3 Å². The summed E-state index contributed by atoms with van der Waals surface area (Å²) in [5.41, 5.74) is -1.37. The van der Waals surface area contributed by atoms with Gasteiger partial charge in [-0.25, -0.2) is 18.2 Å². The van der Waals surface area contributed by atoms with Gasteiger partial charge >= 0.3 is 6.09 Å². The van der Waals surface area contributed by atoms with Crippen molar-refractivity contribution in [1.29, 1.82) is 0 Å². The number of carbonyl (C=O) groups is 4. The fourth-order valence-electron chi connectivity index (χ4n) is 7.52. The summed E-state index contributed by atoms with van der Waals surface area (Å²) in [5, 5.41) is 5.57. The lowest BCUT2D eigenvalue weighted by atomic mass is 9.85. The van der Waals surface area contributed by atoms with Crippen molar-refractivity contribution in [2.24, 2.45) is 11.3 Å². The van der Waals surface area contributed by atoms with Gasteiger partial charge in [-0.05, 0) is 95.7 Å². The second-order valence-corrected chi connectivity index (χ2v) is 20.4. The van der Waals surface area contributed by atoms with Gasteiger partial charge in [-0.1, -0.05) is 39.0 Å². The van der Waals surface area contributed by atoms with Crippen LogP contribution in [0.3, 0.4) is 0 Å². The Hall–Kier alpha value is -5.71. The van der Waals surface area contributed by atoms with Crippen molar-refractivity contribution in [3.05, 3.63) is 61.2 Å². The van der Waals surface area contributed by atoms with E-state index in [9.17, 15) is 27.6 Å². The molecule has 2 aromatic heterocycles. The van der Waals surface area contributed by atoms with Crippen LogP contribution in [0.5, 0.6) is 11.6 Å². The van der Waals surface area contributed by atoms with Gasteiger partial charge in [-0.2, -0.15) is 4.98 Å². The Morgan fingerprint density at radius 2 is 1.69 bits per heavy atom. The number of likely N-dealkylation sites (tertiary alicyclic amines) is 1. The van der Waals surface area contributed by atoms with Crippen LogP contribution in [0.25, 0.3) is 33.5 Å². The van der Waals surface area contributed by atoms with Crippen molar-refractivity contribution < 1.29 is 46.2 Å². The first-order valence-corrected chi connectivity index (χ1v) is 22.1. The predicted octanol–water partition coefficient (Wildman–Crippen LogP) is 5.79. The molecule has 61 heavy (non-hydrogen) atoms. The Bertz CT molecular complexity index is 2490. The third kappa shape index (κ3) is 9.31. The number of benzene rings is 2. The number of furan rings is 1. The summed E-state index contributed by atoms with van der Waals surface area (Å²) in [6.07, 6.45) is 0.697. The number of carbonyl (C=O) groups excluding carboxylic acids is 4. The first-order chi connectivity index (χ1) is 28.6. The summed E-state index contributed by atoms with van der Waals surface area (Å²) in [6, 6.07) is 12.3. The number of nitrogens with zero attached hydrogens (tertiary/aromatic N) is 3. The van der Waals surface area contributed by atoms with E-state index in [0.717, 1.165) is 5.39 Å². The van der Waals surface area contributed by atoms with Crippen molar-refractivity contribution in [2.45, 2.75) is 122 Å². The van der Waals surface area contributed by atoms with E-state index >= 15 is 0 Å². The van der Waals surface area contributed by atoms with E-state index in [0.29, 0.717) is 41.1 Å². The second kappa shape index (κ2) is 16.0. The molecule has 1 aliphatic heterocycles. The molecule has 5 atom stereocenters. The molecule has 16 nitrogen and oxygen atoms in total. The number of alkyl carbamates (subject to hydrolysis) is 1. The highest BCUT2D eigenvalue weighted by Gasteiger charge is 2.62. The molecule has 2 aliphatic carbocycles. The average Bonchev–Trinajstić information content (AvgIpc) is 4.07. The molecule has 0 spiro atoms. The highest BCUT2D eigenvalue weighted by molar-refractivity contribution is 7.91. The average molecular weight is 859 g/mol. The quantitative estimate of drug-likeness (QED) is 0.137. The molecule has 3 aliphatic rings. The summed E-state index contributed by atoms with van der Waals surface area (Å²) in [7, 11) is -3.94. The highest BCUT2D eigenvalue weighted by Crippen LogP contribution is 2.46. The molecule has 0 bridgehead atoms. The lowest BCUT2D eigenvalue weighted by Crippen LogP contribution is -2.60. The summed E-state index contributed by atoms with van der Waals surface area (Å²) in [4.78, 5) is 67.1. The standard InChI is InChI=1S/C44H54N6O10S/c1-10-26-22-44(26,40(53)49-61(55,56)29-19-20-29)48-37(51)31-21-28(23-50(31)39(52)35(42(4,5)6)46-41(54)60-43(7,8)9)58-38-34-33(30-13-11-12-14-32(30)59-34)45-36(47-38)25-15-17-27(18-16-25)57-24(2)3/h10-18,24,26,28-29,31,35H,1,19-23H2,2-9H3,(H,46,54)(H,48,51)(H,49,53)/t26-,28-,31+,35-,44?/m1/s1. The summed E-state index contributed by atoms with van der Waals surface area (Å²) < 4.78 is 52.1. The number of hydrogen-bond donors (Lipinski definition) is 3. The van der Waals surface area contributed by atoms with Crippen LogP contribution in [0.4, 0.5) is 4.79 Å². The summed E-state index contributed by atoms with van der Waals surface area (Å²) >= 11 is 0. The maximum atomic E-state index is 14.8. The molecular formula is C44H54N6O10S. The molecular weight excluding hydrogens is 805 g/mol. The third-order valence-corrected chi connectivity index (χ3v) is 12.6. The first kappa shape index (κ1) is 43.4. The van der Waals surface area contributed by atoms with Crippen molar-refractivity contribution in [2.75, 3.05) is 6.54 Å². The van der Waals surface area contributed by atoms with Gasteiger partial charge < -0.3 is 34.2 Å². The van der Waals surface area contributed by atoms with Gasteiger partial charge in [-0.15, -0.1) is 6.58 Å². The predicted molar refractivity (Wildman–Crippen MR) is 227 cm³/mol. The minimum absolute atomic E-state index is 0.0230. The first-order valence-electron chi connectivity index (χ1n) is 20.5. The molecule has 3 fully saturated rings. The Morgan fingerprint density at radius 1 is 1.00 bits per heavy atom. The monoisotopic (exact) mass is 858 g/mol. The zero-order valence-electron chi connectivity index (χ0n) is 35.7. The van der Waals surface area contributed by atoms with Crippen LogP contribution in [0.2, 0.25) is 0 Å². The van der Waals surface area contributed by atoms with Gasteiger partial charge in [0.15, 0.2) is 5.82 Å². The normalized spacial score (nSPS) is 22.1. The van der Waals surface area contributed by atoms with Gasteiger partial charge in [0.05, 0.1) is 17.9 Å². The van der Waals surface area contributed by atoms with E-state index in [1.165, 1.54) is 11.0 Å². The molecule has 2 saturated carbocycles. The SMILES string of the molecule is C=C[C@@H]1CC1(NC(=O)[C@@H]1C[C@@H](Oc2nc(-c3ccc(OC(C)C)cc3)nc3c2oc2ccccc23)CN1C(=O)[C@@H](NC(=O)OC(C)(C)C)C(C)(C)C)C(=O)NS(=O)(=O)C1CC1. The second-order valence-electron chi connectivity index (χ2n) is 18.4. The molecule has 3 N–H and O–H groups in total. The molecule has 4 aromatic rings. The number of sulfonamides is 1. The van der Waals surface area contributed by atoms with Crippen LogP contribution >= 0.6 is 0 Å². The Labute approximate surface area is 355 Å². The van der Waals surface area contributed by atoms with Crippen LogP contribution in [-0.4, -0.2) is 94.3 Å². The van der Waals surface area contributed by atoms with Crippen molar-refractivity contribution in [3.63, 3.8) is 0 Å². The van der Waals surface area contributed by atoms with E-state index in [4.69, 9.17) is 28.6 Å². The topological polar surface area (TPSA) is 208 Å². The Kier molecular flexibility index (Phi) is 11.3. The smallest absolute Gasteiger partial charge is 0.408 e. The lowest BCUT2D eigenvalue weighted by Gasteiger charge is -2.36. The van der Waals surface area contributed by atoms with E-state index < -0.39 is 79.7 Å². The molecule has 17 heteroatoms. The maximum Gasteiger partial charge on any atom is 0.408 e. The Morgan fingerprint density at radius 3 is 2.30 bits per heavy atom. The minimum atomic E-state index is -3.94. The van der Waals surface area contributed by atoms with Crippen molar-refractivity contribution >= 4 is 55.9 Å². The number of fused-ring (bicyclic) bond motifs is 3. The van der Waals surface area contributed by atoms with Gasteiger partial charge in [0.25, 0.3) is 11.8 Å². The van der Waals surface area contributed by atoms with E-state index in [-0.39, 0.29) is 37.0 Å². The van der Waals surface area contributed by atoms with Crippen molar-refractivity contribution in [1.82, 2.24) is 30.2 Å². The van der Waals surface area contributed by atoms with Crippen LogP contribution in [0.15, 0.2) is 65.6 Å². The maximum absolute atomic E-state index is 14.8. The largest absolute Gasteiger partial charge is 0.491 e. The number of para-hydroxylation sites is 1. The molecule has 1 unspecified atom stereocenters. The molecule has 4 amide bonds. The zero-order chi connectivity index (χ0) is 44.2. The van der Waals surface area contributed by atoms with Crippen LogP contribution in [0.1, 0.15) is 81.1 Å². The fourth-order valence-corrected chi connectivity index (χ4v) is 8.89. The van der Waals surface area contributed by atoms with E-state index in [2.05, 4.69) is 21.9 Å². The van der Waals surface area contributed by atoms with Gasteiger partial charge in [-0.3, -0.25) is 19.1 Å². The molecule has 1 saturated heterocycles. The van der Waals surface area contributed by atoms with Gasteiger partial charge in [0, 0.05) is 23.3 Å². The van der Waals surface area contributed by atoms with E-state index in [1.54, 1.807) is 47.6 Å². The summed E-state index contributed by atoms with van der Waals surface area (Å²) in [6.45, 7) is 17.9. The molecule has 7 rings (SSSR count). The molecule has 0 radical (unpaired) electrons. The Balaban J connectivity index is 1.24. The number of amides is 4. The number of hydrogen-bond acceptors (Lipinski definition) is 12. The number of rotatable bonds is 13. The molecule has 3 heterocycles. The van der Waals surface area contributed by atoms with Crippen molar-refractivity contribution in [3.8, 4) is 23.0 Å². The van der Waals surface area contributed by atoms with Crippen LogP contribution in [0, 0.1) is 11.3 Å². The summed E-state index contributed by atoms with van der Waals surface area (Å²) in [5.74, 6) is -1.67. The highest BCUT2D eigenvalue weighted by atomic mass is 32.2. The van der Waals surface area contributed by atoms with Crippen LogP contribution < -0.4 is 24.8 Å². The zero-order valence-corrected chi connectivity index (χ0v) is 36.6. The third-order valence-electron chi connectivity index (χ3n) is 10.8. The number of nitrogens with one attached hydrogen (secondary N) is 3.